The second kappa shape index (κ2) is 4.66. The highest BCUT2D eigenvalue weighted by Crippen LogP contribution is 1.97. The molecule has 11 heavy (non-hydrogen) atoms. The van der Waals surface area contributed by atoms with Crippen molar-refractivity contribution >= 4 is 0 Å². The lowest BCUT2D eigenvalue weighted by Gasteiger charge is -2.25. The van der Waals surface area contributed by atoms with Gasteiger partial charge in [-0.25, -0.2) is 0 Å². The maximum Gasteiger partial charge on any atom is 0.134 e. The average molecular weight is 162 g/mol. The number of hydrogen-bond acceptors (Lipinski definition) is 4. The van der Waals surface area contributed by atoms with Gasteiger partial charge >= 0.3 is 0 Å². The summed E-state index contributed by atoms with van der Waals surface area (Å²) >= 11 is 0. The molecule has 0 amide bonds. The zero-order chi connectivity index (χ0) is 9.02. The van der Waals surface area contributed by atoms with E-state index in [9.17, 15) is 10.2 Å². The molecular weight excluding hydrogens is 144 g/mol. The van der Waals surface area contributed by atoms with E-state index in [1.54, 1.807) is 19.0 Å². The van der Waals surface area contributed by atoms with Gasteiger partial charge in [0.05, 0.1) is 0 Å². The van der Waals surface area contributed by atoms with Gasteiger partial charge in [-0.3, -0.25) is 4.90 Å². The summed E-state index contributed by atoms with van der Waals surface area (Å²) in [5.74, 6) is 0. The van der Waals surface area contributed by atoms with Crippen LogP contribution in [0.15, 0.2) is 0 Å². The molecule has 0 aliphatic carbocycles. The molecule has 0 saturated carbocycles. The van der Waals surface area contributed by atoms with E-state index in [1.807, 2.05) is 19.0 Å². The highest BCUT2D eigenvalue weighted by molar-refractivity contribution is 4.66. The minimum Gasteiger partial charge on any atom is -0.388 e. The second-order valence-electron chi connectivity index (χ2n) is 3.21. The molecule has 2 atom stereocenters. The van der Waals surface area contributed by atoms with E-state index in [2.05, 4.69) is 0 Å². The Morgan fingerprint density at radius 3 is 1.82 bits per heavy atom. The summed E-state index contributed by atoms with van der Waals surface area (Å²) in [6.07, 6.45) is -1.49. The summed E-state index contributed by atoms with van der Waals surface area (Å²) in [5, 5.41) is 18.6. The number of aliphatic hydroxyl groups is 2. The molecule has 0 aromatic heterocycles. The van der Waals surface area contributed by atoms with E-state index in [-0.39, 0.29) is 0 Å². The van der Waals surface area contributed by atoms with Gasteiger partial charge in [-0.2, -0.15) is 0 Å². The zero-order valence-corrected chi connectivity index (χ0v) is 7.65. The molecule has 0 aromatic rings. The van der Waals surface area contributed by atoms with Crippen molar-refractivity contribution in [3.8, 4) is 0 Å². The SMILES string of the molecule is CN(C)CC(O)C(O)N(C)C. The van der Waals surface area contributed by atoms with Crippen molar-refractivity contribution < 1.29 is 10.2 Å². The minimum atomic E-state index is -0.780. The fourth-order valence-electron chi connectivity index (χ4n) is 0.813. The van der Waals surface area contributed by atoms with Gasteiger partial charge in [0.2, 0.25) is 0 Å². The standard InChI is InChI=1S/C7H18N2O2/c1-8(2)5-6(10)7(11)9(3)4/h6-7,10-11H,5H2,1-4H3. The Morgan fingerprint density at radius 1 is 1.09 bits per heavy atom. The van der Waals surface area contributed by atoms with Gasteiger partial charge in [0, 0.05) is 6.54 Å². The molecular formula is C7H18N2O2. The molecule has 4 nitrogen and oxygen atoms in total. The van der Waals surface area contributed by atoms with Crippen LogP contribution in [0, 0.1) is 0 Å². The smallest absolute Gasteiger partial charge is 0.134 e. The highest BCUT2D eigenvalue weighted by atomic mass is 16.3. The summed E-state index contributed by atoms with van der Waals surface area (Å²) < 4.78 is 0. The minimum absolute atomic E-state index is 0.472. The number of hydrogen-bond donors (Lipinski definition) is 2. The van der Waals surface area contributed by atoms with Crippen molar-refractivity contribution in [3.05, 3.63) is 0 Å². The second-order valence-corrected chi connectivity index (χ2v) is 3.21. The third kappa shape index (κ3) is 4.31. The first-order valence-electron chi connectivity index (χ1n) is 3.62. The quantitative estimate of drug-likeness (QED) is 0.509. The lowest BCUT2D eigenvalue weighted by atomic mass is 10.3. The van der Waals surface area contributed by atoms with Gasteiger partial charge in [0.15, 0.2) is 0 Å². The first-order chi connectivity index (χ1) is 4.95. The topological polar surface area (TPSA) is 46.9 Å². The van der Waals surface area contributed by atoms with Crippen LogP contribution in [0.25, 0.3) is 0 Å². The molecule has 0 fully saturated rings. The molecule has 4 heteroatoms. The molecule has 68 valence electrons. The van der Waals surface area contributed by atoms with Crippen molar-refractivity contribution in [2.45, 2.75) is 12.3 Å². The molecule has 0 heterocycles. The molecule has 2 unspecified atom stereocenters. The number of rotatable bonds is 4. The first kappa shape index (κ1) is 10.8. The number of nitrogens with zero attached hydrogens (tertiary/aromatic N) is 2. The Hall–Kier alpha value is -0.160. The third-order valence-corrected chi connectivity index (χ3v) is 1.43. The van der Waals surface area contributed by atoms with Crippen LogP contribution in [0.4, 0.5) is 0 Å². The number of aliphatic hydroxyl groups excluding tert-OH is 2. The Bertz CT molecular complexity index is 107. The van der Waals surface area contributed by atoms with E-state index in [0.29, 0.717) is 6.54 Å². The molecule has 0 radical (unpaired) electrons. The van der Waals surface area contributed by atoms with Gasteiger partial charge < -0.3 is 15.1 Å². The van der Waals surface area contributed by atoms with Crippen LogP contribution in [-0.2, 0) is 0 Å². The zero-order valence-electron chi connectivity index (χ0n) is 7.65. The van der Waals surface area contributed by atoms with Gasteiger partial charge in [0.25, 0.3) is 0 Å². The van der Waals surface area contributed by atoms with Crippen LogP contribution in [-0.4, -0.2) is 67.1 Å². The summed E-state index contributed by atoms with van der Waals surface area (Å²) in [7, 11) is 7.16. The lowest BCUT2D eigenvalue weighted by Crippen LogP contribution is -2.43. The van der Waals surface area contributed by atoms with Crippen molar-refractivity contribution in [1.82, 2.24) is 9.80 Å². The average Bonchev–Trinajstić information content (AvgIpc) is 1.84. The van der Waals surface area contributed by atoms with E-state index in [4.69, 9.17) is 0 Å². The maximum atomic E-state index is 9.33. The normalized spacial score (nSPS) is 17.5. The van der Waals surface area contributed by atoms with Crippen LogP contribution < -0.4 is 0 Å². The summed E-state index contributed by atoms with van der Waals surface area (Å²) in [5.41, 5.74) is 0. The number of likely N-dealkylation sites (N-methyl/N-ethyl adjacent to an activating group) is 2. The maximum absolute atomic E-state index is 9.33. The van der Waals surface area contributed by atoms with Gasteiger partial charge in [0.1, 0.15) is 12.3 Å². The predicted molar refractivity (Wildman–Crippen MR) is 44.3 cm³/mol. The predicted octanol–water partition coefficient (Wildman–Crippen LogP) is -1.21. The Labute approximate surface area is 68.0 Å². The molecule has 0 aromatic carbocycles. The Kier molecular flexibility index (Phi) is 4.60. The molecule has 0 aliphatic rings. The summed E-state index contributed by atoms with van der Waals surface area (Å²) in [6.45, 7) is 0.472. The summed E-state index contributed by atoms with van der Waals surface area (Å²) in [6, 6.07) is 0. The van der Waals surface area contributed by atoms with E-state index >= 15 is 0 Å². The largest absolute Gasteiger partial charge is 0.388 e. The Morgan fingerprint density at radius 2 is 1.55 bits per heavy atom. The van der Waals surface area contributed by atoms with Gasteiger partial charge in [-0.1, -0.05) is 0 Å². The highest BCUT2D eigenvalue weighted by Gasteiger charge is 2.18. The first-order valence-corrected chi connectivity index (χ1v) is 3.62. The van der Waals surface area contributed by atoms with E-state index in [0.717, 1.165) is 0 Å². The van der Waals surface area contributed by atoms with E-state index < -0.39 is 12.3 Å². The van der Waals surface area contributed by atoms with Gasteiger partial charge in [-0.05, 0) is 28.2 Å². The fraction of sp³-hybridized carbons (Fsp3) is 1.00. The van der Waals surface area contributed by atoms with Crippen molar-refractivity contribution in [1.29, 1.82) is 0 Å². The van der Waals surface area contributed by atoms with Crippen LogP contribution >= 0.6 is 0 Å². The van der Waals surface area contributed by atoms with E-state index in [1.165, 1.54) is 0 Å². The third-order valence-electron chi connectivity index (χ3n) is 1.43. The molecule has 0 rings (SSSR count). The summed E-state index contributed by atoms with van der Waals surface area (Å²) in [4.78, 5) is 3.41. The lowest BCUT2D eigenvalue weighted by molar-refractivity contribution is -0.0688. The van der Waals surface area contributed by atoms with Crippen molar-refractivity contribution in [2.24, 2.45) is 0 Å². The van der Waals surface area contributed by atoms with Crippen LogP contribution in [0.1, 0.15) is 0 Å². The molecule has 2 N–H and O–H groups in total. The van der Waals surface area contributed by atoms with Gasteiger partial charge in [-0.15, -0.1) is 0 Å². The molecule has 0 spiro atoms. The monoisotopic (exact) mass is 162 g/mol. The molecule has 0 bridgehead atoms. The molecule has 0 saturated heterocycles. The van der Waals surface area contributed by atoms with Crippen molar-refractivity contribution in [3.63, 3.8) is 0 Å². The van der Waals surface area contributed by atoms with Crippen LogP contribution in [0.5, 0.6) is 0 Å². The van der Waals surface area contributed by atoms with Crippen LogP contribution in [0.3, 0.4) is 0 Å². The Balaban J connectivity index is 3.73. The fourth-order valence-corrected chi connectivity index (χ4v) is 0.813. The van der Waals surface area contributed by atoms with Crippen LogP contribution in [0.2, 0.25) is 0 Å². The molecule has 0 aliphatic heterocycles. The van der Waals surface area contributed by atoms with Crippen molar-refractivity contribution in [2.75, 3.05) is 34.7 Å².